The third-order valence-corrected chi connectivity index (χ3v) is 3.91. The second-order valence-corrected chi connectivity index (χ2v) is 6.09. The molecular weight excluding hydrogens is 372 g/mol. The van der Waals surface area contributed by atoms with Crippen molar-refractivity contribution in [1.82, 2.24) is 4.98 Å². The number of nitrogens with zero attached hydrogens (tertiary/aromatic N) is 1. The van der Waals surface area contributed by atoms with Gasteiger partial charge >= 0.3 is 0 Å². The Morgan fingerprint density at radius 2 is 1.89 bits per heavy atom. The Hall–Kier alpha value is -0.750. The largest absolute Gasteiger partial charge is 0.385 e. The van der Waals surface area contributed by atoms with E-state index >= 15 is 0 Å². The summed E-state index contributed by atoms with van der Waals surface area (Å²) < 4.78 is 1.60. The van der Waals surface area contributed by atoms with E-state index in [-0.39, 0.29) is 0 Å². The van der Waals surface area contributed by atoms with Crippen molar-refractivity contribution in [3.63, 3.8) is 0 Å². The molecule has 3 nitrogen and oxygen atoms in total. The maximum Gasteiger partial charge on any atom is 0.112 e. The van der Waals surface area contributed by atoms with Crippen LogP contribution < -0.4 is 5.73 Å². The fraction of sp³-hybridized carbons (Fsp3) is 0.214. The lowest BCUT2D eigenvalue weighted by Gasteiger charge is -2.19. The first-order valence-electron chi connectivity index (χ1n) is 5.86. The molecule has 1 heterocycles. The van der Waals surface area contributed by atoms with Gasteiger partial charge < -0.3 is 10.8 Å². The van der Waals surface area contributed by atoms with E-state index in [0.29, 0.717) is 12.1 Å². The summed E-state index contributed by atoms with van der Waals surface area (Å²) in [6.45, 7) is 0. The Morgan fingerprint density at radius 1 is 1.21 bits per heavy atom. The van der Waals surface area contributed by atoms with Crippen LogP contribution in [0.1, 0.15) is 17.4 Å². The summed E-state index contributed by atoms with van der Waals surface area (Å²) in [5.41, 5.74) is 7.73. The van der Waals surface area contributed by atoms with Crippen molar-refractivity contribution >= 4 is 31.9 Å². The molecule has 2 aromatic rings. The first-order valence-corrected chi connectivity index (χ1v) is 7.45. The van der Waals surface area contributed by atoms with Gasteiger partial charge in [-0.15, -0.1) is 0 Å². The summed E-state index contributed by atoms with van der Waals surface area (Å²) in [5, 5.41) is 10.3. The van der Waals surface area contributed by atoms with Crippen molar-refractivity contribution in [1.29, 1.82) is 0 Å². The van der Waals surface area contributed by atoms with Crippen molar-refractivity contribution in [3.8, 4) is 0 Å². The van der Waals surface area contributed by atoms with Gasteiger partial charge in [0, 0.05) is 21.2 Å². The molecule has 2 rings (SSSR count). The average Bonchev–Trinajstić information content (AvgIpc) is 2.39. The second-order valence-electron chi connectivity index (χ2n) is 4.32. The fourth-order valence-electron chi connectivity index (χ4n) is 1.84. The molecule has 19 heavy (non-hydrogen) atoms. The van der Waals surface area contributed by atoms with Gasteiger partial charge in [-0.05, 0) is 49.9 Å². The summed E-state index contributed by atoms with van der Waals surface area (Å²) in [5.74, 6) is 0. The molecule has 0 aliphatic rings. The molecule has 1 aromatic heterocycles. The molecule has 2 atom stereocenters. The molecule has 0 aliphatic carbocycles. The number of aliphatic hydroxyl groups excluding tert-OH is 1. The van der Waals surface area contributed by atoms with Crippen molar-refractivity contribution in [2.24, 2.45) is 5.73 Å². The highest BCUT2D eigenvalue weighted by atomic mass is 79.9. The third kappa shape index (κ3) is 3.86. The van der Waals surface area contributed by atoms with Crippen molar-refractivity contribution in [3.05, 3.63) is 62.8 Å². The van der Waals surface area contributed by atoms with Crippen molar-refractivity contribution in [2.75, 3.05) is 0 Å². The first-order chi connectivity index (χ1) is 9.08. The van der Waals surface area contributed by atoms with Gasteiger partial charge in [-0.1, -0.05) is 30.3 Å². The molecule has 0 bridgehead atoms. The molecule has 0 fully saturated rings. The average molecular weight is 386 g/mol. The molecule has 2 unspecified atom stereocenters. The van der Waals surface area contributed by atoms with Gasteiger partial charge in [-0.2, -0.15) is 0 Å². The lowest BCUT2D eigenvalue weighted by molar-refractivity contribution is 0.141. The highest BCUT2D eigenvalue weighted by molar-refractivity contribution is 9.11. The number of nitrogens with two attached hydrogens (primary N) is 1. The van der Waals surface area contributed by atoms with Crippen LogP contribution >= 0.6 is 31.9 Å². The molecule has 0 saturated heterocycles. The monoisotopic (exact) mass is 384 g/mol. The number of halogens is 2. The van der Waals surface area contributed by atoms with Crippen molar-refractivity contribution < 1.29 is 5.11 Å². The van der Waals surface area contributed by atoms with Gasteiger partial charge in [0.15, 0.2) is 0 Å². The Bertz CT molecular complexity index is 548. The summed E-state index contributed by atoms with van der Waals surface area (Å²) in [4.78, 5) is 4.22. The minimum atomic E-state index is -0.803. The molecule has 1 aromatic carbocycles. The van der Waals surface area contributed by atoms with E-state index in [1.165, 1.54) is 0 Å². The number of hydrogen-bond acceptors (Lipinski definition) is 3. The number of aromatic nitrogens is 1. The van der Waals surface area contributed by atoms with Gasteiger partial charge in [0.05, 0.1) is 5.69 Å². The maximum atomic E-state index is 10.3. The minimum absolute atomic E-state index is 0.396. The van der Waals surface area contributed by atoms with Crippen LogP contribution in [0.3, 0.4) is 0 Å². The van der Waals surface area contributed by atoms with Gasteiger partial charge in [0.1, 0.15) is 6.10 Å². The highest BCUT2D eigenvalue weighted by Gasteiger charge is 2.21. The number of hydrogen-bond donors (Lipinski definition) is 2. The Kier molecular flexibility index (Phi) is 5.10. The van der Waals surface area contributed by atoms with E-state index in [1.54, 1.807) is 6.20 Å². The summed E-state index contributed by atoms with van der Waals surface area (Å²) in [7, 11) is 0. The van der Waals surface area contributed by atoms with Crippen LogP contribution in [0.2, 0.25) is 0 Å². The van der Waals surface area contributed by atoms with E-state index in [4.69, 9.17) is 5.73 Å². The van der Waals surface area contributed by atoms with Gasteiger partial charge in [0.25, 0.3) is 0 Å². The minimum Gasteiger partial charge on any atom is -0.385 e. The highest BCUT2D eigenvalue weighted by Crippen LogP contribution is 2.26. The van der Waals surface area contributed by atoms with Gasteiger partial charge in [-0.25, -0.2) is 0 Å². The normalized spacial score (nSPS) is 14.1. The standard InChI is InChI=1S/C14H14Br2N2O/c15-10-7-11(16)13(18-8-10)14(19)12(17)6-9-4-2-1-3-5-9/h1-5,7-8,12,14,19H,6,17H2. The number of pyridine rings is 1. The lowest BCUT2D eigenvalue weighted by Crippen LogP contribution is -2.31. The van der Waals surface area contributed by atoms with E-state index < -0.39 is 12.1 Å². The molecular formula is C14H14Br2N2O. The SMILES string of the molecule is NC(Cc1ccccc1)C(O)c1ncc(Br)cc1Br. The molecule has 3 N–H and O–H groups in total. The lowest BCUT2D eigenvalue weighted by atomic mass is 10.00. The first kappa shape index (κ1) is 14.7. The zero-order chi connectivity index (χ0) is 13.8. The molecule has 0 radical (unpaired) electrons. The molecule has 0 amide bonds. The van der Waals surface area contributed by atoms with Crippen molar-refractivity contribution in [2.45, 2.75) is 18.6 Å². The fourth-order valence-corrected chi connectivity index (χ4v) is 3.07. The smallest absolute Gasteiger partial charge is 0.112 e. The second kappa shape index (κ2) is 6.61. The molecule has 5 heteroatoms. The summed E-state index contributed by atoms with van der Waals surface area (Å²) in [6, 6.07) is 11.3. The summed E-state index contributed by atoms with van der Waals surface area (Å²) in [6.07, 6.45) is 1.45. The van der Waals surface area contributed by atoms with E-state index in [1.807, 2.05) is 36.4 Å². The predicted octanol–water partition coefficient (Wildman–Crippen LogP) is 3.21. The maximum absolute atomic E-state index is 10.3. The van der Waals surface area contributed by atoms with E-state index in [9.17, 15) is 5.11 Å². The van der Waals surface area contributed by atoms with Crippen LogP contribution in [0, 0.1) is 0 Å². The number of rotatable bonds is 4. The Morgan fingerprint density at radius 3 is 2.53 bits per heavy atom. The van der Waals surface area contributed by atoms with Gasteiger partial charge in [-0.3, -0.25) is 4.98 Å². The van der Waals surface area contributed by atoms with Crippen LogP contribution in [0.25, 0.3) is 0 Å². The van der Waals surface area contributed by atoms with E-state index in [2.05, 4.69) is 36.8 Å². The zero-order valence-electron chi connectivity index (χ0n) is 10.1. The Balaban J connectivity index is 2.12. The summed E-state index contributed by atoms with van der Waals surface area (Å²) >= 11 is 6.72. The van der Waals surface area contributed by atoms with E-state index in [0.717, 1.165) is 14.5 Å². The topological polar surface area (TPSA) is 59.1 Å². The van der Waals surface area contributed by atoms with Crippen LogP contribution in [0.4, 0.5) is 0 Å². The Labute approximate surface area is 129 Å². The van der Waals surface area contributed by atoms with Crippen LogP contribution in [0.5, 0.6) is 0 Å². The molecule has 0 aliphatic heterocycles. The predicted molar refractivity (Wildman–Crippen MR) is 82.7 cm³/mol. The number of aliphatic hydroxyl groups is 1. The zero-order valence-corrected chi connectivity index (χ0v) is 13.3. The third-order valence-electron chi connectivity index (χ3n) is 2.84. The van der Waals surface area contributed by atoms with Crippen LogP contribution in [0.15, 0.2) is 51.5 Å². The van der Waals surface area contributed by atoms with Crippen LogP contribution in [-0.2, 0) is 6.42 Å². The molecule has 0 spiro atoms. The quantitative estimate of drug-likeness (QED) is 0.849. The molecule has 100 valence electrons. The van der Waals surface area contributed by atoms with Crippen LogP contribution in [-0.4, -0.2) is 16.1 Å². The van der Waals surface area contributed by atoms with Gasteiger partial charge in [0.2, 0.25) is 0 Å². The molecule has 0 saturated carbocycles. The number of benzene rings is 1.